The molecule has 0 aliphatic carbocycles. The zero-order valence-corrected chi connectivity index (χ0v) is 19.6. The second-order valence-corrected chi connectivity index (χ2v) is 7.66. The summed E-state index contributed by atoms with van der Waals surface area (Å²) in [4.78, 5) is 21.5. The van der Waals surface area contributed by atoms with E-state index < -0.39 is 0 Å². The first-order valence-electron chi connectivity index (χ1n) is 10.7. The van der Waals surface area contributed by atoms with Crippen LogP contribution in [0.25, 0.3) is 11.0 Å². The van der Waals surface area contributed by atoms with Crippen LogP contribution in [-0.2, 0) is 22.5 Å². The van der Waals surface area contributed by atoms with E-state index in [0.717, 1.165) is 28.2 Å². The molecule has 0 saturated carbocycles. The number of carbonyl (C=O) groups excluding carboxylic acids is 1. The topological polar surface area (TPSA) is 103 Å². The minimum atomic E-state index is -0.0386. The molecule has 2 aromatic heterocycles. The molecule has 2 N–H and O–H groups in total. The summed E-state index contributed by atoms with van der Waals surface area (Å²) < 4.78 is 12.6. The van der Waals surface area contributed by atoms with Gasteiger partial charge in [-0.15, -0.1) is 0 Å². The molecule has 0 fully saturated rings. The molecule has 1 amide bonds. The Balaban J connectivity index is 1.57. The summed E-state index contributed by atoms with van der Waals surface area (Å²) >= 11 is 1.47. The number of benzene rings is 1. The third kappa shape index (κ3) is 6.57. The number of hydrogen-bond acceptors (Lipinski definition) is 8. The molecular formula is C22H30N6O3S. The van der Waals surface area contributed by atoms with Gasteiger partial charge in [-0.05, 0) is 37.8 Å². The standard InChI is InChI=1S/C22H30N6O3S/c1-4-30-13-11-24-20-18-15-25-28(21(18)27-22(26-20)32-3)12-10-23-19(29)14-16-6-8-17(9-7-16)31-5-2/h6-9,15H,4-5,10-14H2,1-3H3,(H,23,29)(H,24,26,27). The van der Waals surface area contributed by atoms with Crippen molar-refractivity contribution in [3.8, 4) is 5.75 Å². The molecule has 0 aliphatic rings. The van der Waals surface area contributed by atoms with Gasteiger partial charge >= 0.3 is 0 Å². The third-order valence-corrected chi connectivity index (χ3v) is 5.19. The van der Waals surface area contributed by atoms with Crippen LogP contribution in [0.4, 0.5) is 5.82 Å². The summed E-state index contributed by atoms with van der Waals surface area (Å²) in [6.45, 7) is 7.44. The zero-order valence-electron chi connectivity index (χ0n) is 18.8. The average molecular weight is 459 g/mol. The number of fused-ring (bicyclic) bond motifs is 1. The zero-order chi connectivity index (χ0) is 22.8. The van der Waals surface area contributed by atoms with Crippen molar-refractivity contribution in [3.63, 3.8) is 0 Å². The van der Waals surface area contributed by atoms with Gasteiger partial charge in [0, 0.05) is 19.7 Å². The van der Waals surface area contributed by atoms with Gasteiger partial charge in [0.1, 0.15) is 11.6 Å². The maximum atomic E-state index is 12.3. The summed E-state index contributed by atoms with van der Waals surface area (Å²) in [7, 11) is 0. The quantitative estimate of drug-likeness (QED) is 0.229. The molecule has 0 spiro atoms. The molecule has 0 aliphatic heterocycles. The van der Waals surface area contributed by atoms with Crippen LogP contribution in [0.5, 0.6) is 5.75 Å². The number of rotatable bonds is 13. The van der Waals surface area contributed by atoms with Crippen molar-refractivity contribution in [1.29, 1.82) is 0 Å². The van der Waals surface area contributed by atoms with Crippen molar-refractivity contribution in [2.75, 3.05) is 44.5 Å². The predicted molar refractivity (Wildman–Crippen MR) is 126 cm³/mol. The van der Waals surface area contributed by atoms with Crippen molar-refractivity contribution >= 4 is 34.5 Å². The van der Waals surface area contributed by atoms with Gasteiger partial charge in [0.25, 0.3) is 0 Å². The summed E-state index contributed by atoms with van der Waals surface area (Å²) in [6, 6.07) is 7.58. The molecule has 3 aromatic rings. The molecular weight excluding hydrogens is 428 g/mol. The van der Waals surface area contributed by atoms with E-state index in [0.29, 0.717) is 51.0 Å². The van der Waals surface area contributed by atoms with Gasteiger partial charge in [-0.1, -0.05) is 23.9 Å². The molecule has 0 atom stereocenters. The van der Waals surface area contributed by atoms with Crippen molar-refractivity contribution < 1.29 is 14.3 Å². The number of amides is 1. The molecule has 0 unspecified atom stereocenters. The number of aromatic nitrogens is 4. The minimum absolute atomic E-state index is 0.0386. The van der Waals surface area contributed by atoms with Crippen LogP contribution in [-0.4, -0.2) is 64.8 Å². The number of hydrogen-bond donors (Lipinski definition) is 2. The van der Waals surface area contributed by atoms with E-state index >= 15 is 0 Å². The van der Waals surface area contributed by atoms with Gasteiger partial charge < -0.3 is 20.1 Å². The van der Waals surface area contributed by atoms with Gasteiger partial charge in [-0.25, -0.2) is 14.6 Å². The molecule has 172 valence electrons. The van der Waals surface area contributed by atoms with Crippen LogP contribution in [0.15, 0.2) is 35.6 Å². The second kappa shape index (κ2) is 12.3. The first kappa shape index (κ1) is 23.8. The lowest BCUT2D eigenvalue weighted by Crippen LogP contribution is -2.28. The predicted octanol–water partition coefficient (Wildman–Crippen LogP) is 2.75. The van der Waals surface area contributed by atoms with Crippen LogP contribution in [0, 0.1) is 0 Å². The Morgan fingerprint density at radius 1 is 1.12 bits per heavy atom. The van der Waals surface area contributed by atoms with E-state index in [1.807, 2.05) is 44.4 Å². The lowest BCUT2D eigenvalue weighted by atomic mass is 10.1. The van der Waals surface area contributed by atoms with E-state index in [2.05, 4.69) is 25.7 Å². The average Bonchev–Trinajstić information content (AvgIpc) is 3.21. The Morgan fingerprint density at radius 2 is 1.94 bits per heavy atom. The Morgan fingerprint density at radius 3 is 2.66 bits per heavy atom. The van der Waals surface area contributed by atoms with Crippen LogP contribution in [0.3, 0.4) is 0 Å². The van der Waals surface area contributed by atoms with E-state index in [4.69, 9.17) is 9.47 Å². The Labute approximate surface area is 192 Å². The van der Waals surface area contributed by atoms with Crippen molar-refractivity contribution in [1.82, 2.24) is 25.1 Å². The van der Waals surface area contributed by atoms with Gasteiger partial charge in [0.05, 0.1) is 37.8 Å². The number of ether oxygens (including phenoxy) is 2. The number of thioether (sulfide) groups is 1. The lowest BCUT2D eigenvalue weighted by Gasteiger charge is -2.10. The van der Waals surface area contributed by atoms with Gasteiger partial charge in [0.15, 0.2) is 10.8 Å². The van der Waals surface area contributed by atoms with Gasteiger partial charge in [-0.2, -0.15) is 5.10 Å². The number of carbonyl (C=O) groups is 1. The highest BCUT2D eigenvalue weighted by atomic mass is 32.2. The Bertz CT molecular complexity index is 1010. The van der Waals surface area contributed by atoms with Gasteiger partial charge in [0.2, 0.25) is 5.91 Å². The van der Waals surface area contributed by atoms with Gasteiger partial charge in [-0.3, -0.25) is 4.79 Å². The molecule has 2 heterocycles. The van der Waals surface area contributed by atoms with Crippen LogP contribution < -0.4 is 15.4 Å². The number of anilines is 1. The highest BCUT2D eigenvalue weighted by Gasteiger charge is 2.13. The SMILES string of the molecule is CCOCCNc1nc(SC)nc2c1cnn2CCNC(=O)Cc1ccc(OCC)cc1. The van der Waals surface area contributed by atoms with E-state index in [-0.39, 0.29) is 5.91 Å². The smallest absolute Gasteiger partial charge is 0.224 e. The third-order valence-electron chi connectivity index (χ3n) is 4.65. The minimum Gasteiger partial charge on any atom is -0.494 e. The maximum Gasteiger partial charge on any atom is 0.224 e. The molecule has 3 rings (SSSR count). The fourth-order valence-corrected chi connectivity index (χ4v) is 3.49. The summed E-state index contributed by atoms with van der Waals surface area (Å²) in [5, 5.41) is 12.2. The summed E-state index contributed by atoms with van der Waals surface area (Å²) in [5.74, 6) is 1.51. The summed E-state index contributed by atoms with van der Waals surface area (Å²) in [6.07, 6.45) is 4.01. The molecule has 10 heteroatoms. The fraction of sp³-hybridized carbons (Fsp3) is 0.455. The van der Waals surface area contributed by atoms with Crippen molar-refractivity contribution in [2.45, 2.75) is 32.0 Å². The Hall–Kier alpha value is -2.85. The van der Waals surface area contributed by atoms with E-state index in [9.17, 15) is 4.79 Å². The van der Waals surface area contributed by atoms with Crippen LogP contribution in [0.2, 0.25) is 0 Å². The van der Waals surface area contributed by atoms with Crippen molar-refractivity contribution in [3.05, 3.63) is 36.0 Å². The monoisotopic (exact) mass is 458 g/mol. The highest BCUT2D eigenvalue weighted by molar-refractivity contribution is 7.98. The largest absolute Gasteiger partial charge is 0.494 e. The maximum absolute atomic E-state index is 12.3. The second-order valence-electron chi connectivity index (χ2n) is 6.89. The number of nitrogens with zero attached hydrogens (tertiary/aromatic N) is 4. The van der Waals surface area contributed by atoms with Crippen molar-refractivity contribution in [2.24, 2.45) is 0 Å². The molecule has 1 aromatic carbocycles. The fourth-order valence-electron chi connectivity index (χ4n) is 3.13. The molecule has 0 saturated heterocycles. The normalized spacial score (nSPS) is 11.0. The molecule has 32 heavy (non-hydrogen) atoms. The molecule has 0 radical (unpaired) electrons. The van der Waals surface area contributed by atoms with E-state index in [1.165, 1.54) is 11.8 Å². The van der Waals surface area contributed by atoms with Crippen LogP contribution >= 0.6 is 11.8 Å². The molecule has 9 nitrogen and oxygen atoms in total. The number of nitrogens with one attached hydrogen (secondary N) is 2. The first-order valence-corrected chi connectivity index (χ1v) is 11.9. The first-order chi connectivity index (χ1) is 15.6. The lowest BCUT2D eigenvalue weighted by molar-refractivity contribution is -0.120. The summed E-state index contributed by atoms with van der Waals surface area (Å²) in [5.41, 5.74) is 1.68. The van der Waals surface area contributed by atoms with Crippen LogP contribution in [0.1, 0.15) is 19.4 Å². The Kier molecular flexibility index (Phi) is 9.12. The van der Waals surface area contributed by atoms with E-state index in [1.54, 1.807) is 10.9 Å². The molecule has 0 bridgehead atoms. The highest BCUT2D eigenvalue weighted by Crippen LogP contribution is 2.23.